The molecule has 0 aromatic heterocycles. The Bertz CT molecular complexity index is 140. The summed E-state index contributed by atoms with van der Waals surface area (Å²) in [6.45, 7) is 0. The Morgan fingerprint density at radius 3 is 2.60 bits per heavy atom. The van der Waals surface area contributed by atoms with Gasteiger partial charge in [0.1, 0.15) is 0 Å². The molecule has 2 N–H and O–H groups in total. The lowest BCUT2D eigenvalue weighted by Crippen LogP contribution is -2.32. The van der Waals surface area contributed by atoms with Gasteiger partial charge in [0.05, 0.1) is 0 Å². The van der Waals surface area contributed by atoms with Crippen molar-refractivity contribution in [3.05, 3.63) is 0 Å². The third-order valence-electron chi connectivity index (χ3n) is 1.94. The third kappa shape index (κ3) is 2.04. The van der Waals surface area contributed by atoms with Gasteiger partial charge in [-0.3, -0.25) is 4.21 Å². The maximum Gasteiger partial charge on any atom is 0.0230 e. The molecular formula is C6H12NO2S-. The van der Waals surface area contributed by atoms with Crippen molar-refractivity contribution in [2.45, 2.75) is 37.0 Å². The summed E-state index contributed by atoms with van der Waals surface area (Å²) in [5, 5.41) is -0.177. The van der Waals surface area contributed by atoms with Gasteiger partial charge < -0.3 is 10.3 Å². The Morgan fingerprint density at radius 1 is 1.50 bits per heavy atom. The van der Waals surface area contributed by atoms with Gasteiger partial charge in [-0.15, -0.1) is 0 Å². The van der Waals surface area contributed by atoms with E-state index < -0.39 is 11.1 Å². The van der Waals surface area contributed by atoms with Crippen LogP contribution in [0.15, 0.2) is 0 Å². The normalized spacial score (nSPS) is 37.4. The molecule has 1 saturated carbocycles. The predicted octanol–water partition coefficient (Wildman–Crippen LogP) is 0.135. The van der Waals surface area contributed by atoms with Crippen molar-refractivity contribution in [3.63, 3.8) is 0 Å². The molecule has 3 unspecified atom stereocenters. The van der Waals surface area contributed by atoms with Gasteiger partial charge in [-0.05, 0) is 19.3 Å². The Kier molecular flexibility index (Phi) is 2.82. The molecule has 0 aromatic rings. The van der Waals surface area contributed by atoms with Crippen LogP contribution in [0.5, 0.6) is 0 Å². The molecule has 0 aromatic carbocycles. The van der Waals surface area contributed by atoms with E-state index in [2.05, 4.69) is 0 Å². The first kappa shape index (κ1) is 8.17. The number of hydrogen-bond acceptors (Lipinski definition) is 3. The highest BCUT2D eigenvalue weighted by atomic mass is 32.2. The highest BCUT2D eigenvalue weighted by molar-refractivity contribution is 7.79. The van der Waals surface area contributed by atoms with Crippen LogP contribution in [-0.2, 0) is 11.1 Å². The molecule has 1 aliphatic rings. The van der Waals surface area contributed by atoms with Crippen LogP contribution < -0.4 is 5.73 Å². The van der Waals surface area contributed by atoms with Crippen LogP contribution in [0.25, 0.3) is 0 Å². The molecule has 10 heavy (non-hydrogen) atoms. The summed E-state index contributed by atoms with van der Waals surface area (Å²) in [4.78, 5) is 0. The highest BCUT2D eigenvalue weighted by Crippen LogP contribution is 2.20. The second-order valence-corrected chi connectivity index (χ2v) is 4.00. The van der Waals surface area contributed by atoms with E-state index in [1.165, 1.54) is 0 Å². The van der Waals surface area contributed by atoms with Crippen molar-refractivity contribution < 1.29 is 8.76 Å². The molecule has 3 atom stereocenters. The van der Waals surface area contributed by atoms with Gasteiger partial charge in [-0.25, -0.2) is 0 Å². The molecule has 0 radical (unpaired) electrons. The van der Waals surface area contributed by atoms with Crippen molar-refractivity contribution in [3.8, 4) is 0 Å². The molecule has 60 valence electrons. The second-order valence-electron chi connectivity index (χ2n) is 2.81. The van der Waals surface area contributed by atoms with Gasteiger partial charge in [0.25, 0.3) is 0 Å². The van der Waals surface area contributed by atoms with Crippen molar-refractivity contribution in [2.24, 2.45) is 5.73 Å². The van der Waals surface area contributed by atoms with E-state index in [0.29, 0.717) is 6.42 Å². The van der Waals surface area contributed by atoms with Gasteiger partial charge >= 0.3 is 0 Å². The van der Waals surface area contributed by atoms with Crippen molar-refractivity contribution in [2.75, 3.05) is 0 Å². The lowest BCUT2D eigenvalue weighted by atomic mass is 9.96. The Balaban J connectivity index is 2.39. The van der Waals surface area contributed by atoms with Crippen LogP contribution in [0, 0.1) is 0 Å². The number of hydrogen-bond donors (Lipinski definition) is 1. The topological polar surface area (TPSA) is 66.2 Å². The molecule has 0 bridgehead atoms. The Morgan fingerprint density at radius 2 is 2.20 bits per heavy atom. The van der Waals surface area contributed by atoms with Crippen molar-refractivity contribution in [1.29, 1.82) is 0 Å². The summed E-state index contributed by atoms with van der Waals surface area (Å²) in [6, 6.07) is 0.108. The molecule has 0 aliphatic heterocycles. The van der Waals surface area contributed by atoms with Gasteiger partial charge in [0.15, 0.2) is 0 Å². The lowest BCUT2D eigenvalue weighted by Gasteiger charge is -2.27. The van der Waals surface area contributed by atoms with Crippen LogP contribution in [-0.4, -0.2) is 20.1 Å². The van der Waals surface area contributed by atoms with Crippen LogP contribution in [0.2, 0.25) is 0 Å². The van der Waals surface area contributed by atoms with Crippen molar-refractivity contribution >= 4 is 11.1 Å². The minimum atomic E-state index is -1.90. The van der Waals surface area contributed by atoms with E-state index in [4.69, 9.17) is 5.73 Å². The fraction of sp³-hybridized carbons (Fsp3) is 1.00. The maximum atomic E-state index is 10.4. The zero-order valence-corrected chi connectivity index (χ0v) is 6.60. The molecule has 1 rings (SSSR count). The Hall–Kier alpha value is 0.0700. The zero-order valence-electron chi connectivity index (χ0n) is 5.79. The first-order chi connectivity index (χ1) is 4.70. The molecule has 1 fully saturated rings. The van der Waals surface area contributed by atoms with E-state index in [9.17, 15) is 8.76 Å². The summed E-state index contributed by atoms with van der Waals surface area (Å²) in [7, 11) is 0. The predicted molar refractivity (Wildman–Crippen MR) is 39.2 cm³/mol. The number of rotatable bonds is 1. The fourth-order valence-electron chi connectivity index (χ4n) is 1.36. The summed E-state index contributed by atoms with van der Waals surface area (Å²) in [5.74, 6) is 0. The summed E-state index contributed by atoms with van der Waals surface area (Å²) in [5.41, 5.74) is 5.59. The minimum absolute atomic E-state index is 0.108. The van der Waals surface area contributed by atoms with Gasteiger partial charge in [0, 0.05) is 11.3 Å². The smallest absolute Gasteiger partial charge is 0.0230 e. The second kappa shape index (κ2) is 3.46. The SMILES string of the molecule is NC1CCCC(S(=O)[O-])C1. The monoisotopic (exact) mass is 162 g/mol. The van der Waals surface area contributed by atoms with Gasteiger partial charge in [-0.2, -0.15) is 0 Å². The van der Waals surface area contributed by atoms with E-state index in [1.807, 2.05) is 0 Å². The molecule has 0 amide bonds. The minimum Gasteiger partial charge on any atom is -0.772 e. The quantitative estimate of drug-likeness (QED) is 0.557. The fourth-order valence-corrected chi connectivity index (χ4v) is 2.12. The van der Waals surface area contributed by atoms with E-state index in [-0.39, 0.29) is 11.3 Å². The van der Waals surface area contributed by atoms with Gasteiger partial charge in [0.2, 0.25) is 0 Å². The zero-order chi connectivity index (χ0) is 7.56. The summed E-state index contributed by atoms with van der Waals surface area (Å²) < 4.78 is 20.9. The number of nitrogens with two attached hydrogens (primary N) is 1. The van der Waals surface area contributed by atoms with Crippen LogP contribution in [0.4, 0.5) is 0 Å². The third-order valence-corrected chi connectivity index (χ3v) is 2.91. The first-order valence-corrected chi connectivity index (χ1v) is 4.67. The van der Waals surface area contributed by atoms with Crippen molar-refractivity contribution in [1.82, 2.24) is 0 Å². The molecule has 0 spiro atoms. The summed E-state index contributed by atoms with van der Waals surface area (Å²) >= 11 is -1.90. The van der Waals surface area contributed by atoms with E-state index in [0.717, 1.165) is 19.3 Å². The van der Waals surface area contributed by atoms with E-state index >= 15 is 0 Å². The Labute approximate surface area is 63.3 Å². The lowest BCUT2D eigenvalue weighted by molar-refractivity contribution is 0.421. The van der Waals surface area contributed by atoms with Gasteiger partial charge in [-0.1, -0.05) is 17.5 Å². The summed E-state index contributed by atoms with van der Waals surface area (Å²) in [6.07, 6.45) is 3.38. The largest absolute Gasteiger partial charge is 0.772 e. The van der Waals surface area contributed by atoms with E-state index in [1.54, 1.807) is 0 Å². The molecular weight excluding hydrogens is 150 g/mol. The average molecular weight is 162 g/mol. The van der Waals surface area contributed by atoms with Crippen LogP contribution >= 0.6 is 0 Å². The average Bonchev–Trinajstić information content (AvgIpc) is 1.88. The highest BCUT2D eigenvalue weighted by Gasteiger charge is 2.19. The standard InChI is InChI=1S/C6H13NO2S/c7-5-2-1-3-6(4-5)10(8)9/h5-6H,1-4,7H2,(H,8,9)/p-1. The molecule has 1 aliphatic carbocycles. The molecule has 4 heteroatoms. The molecule has 0 saturated heterocycles. The maximum absolute atomic E-state index is 10.4. The first-order valence-electron chi connectivity index (χ1n) is 3.54. The van der Waals surface area contributed by atoms with Crippen LogP contribution in [0.1, 0.15) is 25.7 Å². The molecule has 0 heterocycles. The molecule has 3 nitrogen and oxygen atoms in total. The van der Waals surface area contributed by atoms with Crippen LogP contribution in [0.3, 0.4) is 0 Å².